The number of thiazole rings is 1. The van der Waals surface area contributed by atoms with E-state index in [0.29, 0.717) is 29.1 Å². The number of thioether (sulfide) groups is 1. The lowest BCUT2D eigenvalue weighted by Gasteiger charge is -2.04. The van der Waals surface area contributed by atoms with E-state index < -0.39 is 0 Å². The van der Waals surface area contributed by atoms with Crippen LogP contribution in [0.15, 0.2) is 58.2 Å². The highest BCUT2D eigenvalue weighted by Gasteiger charge is 2.11. The Bertz CT molecular complexity index is 1080. The monoisotopic (exact) mass is 444 g/mol. The van der Waals surface area contributed by atoms with Crippen LogP contribution in [-0.2, 0) is 24.2 Å². The van der Waals surface area contributed by atoms with Gasteiger partial charge in [-0.1, -0.05) is 47.6 Å². The molecule has 9 heteroatoms. The molecule has 6 nitrogen and oxygen atoms in total. The molecule has 0 spiro atoms. The van der Waals surface area contributed by atoms with Gasteiger partial charge in [-0.2, -0.15) is 0 Å². The number of hydrogen-bond acceptors (Lipinski definition) is 7. The van der Waals surface area contributed by atoms with Crippen LogP contribution in [0.3, 0.4) is 0 Å². The molecule has 148 valence electrons. The second kappa shape index (κ2) is 9.39. The van der Waals surface area contributed by atoms with Crippen molar-refractivity contribution < 1.29 is 9.21 Å². The molecule has 0 aliphatic rings. The summed E-state index contributed by atoms with van der Waals surface area (Å²) in [7, 11) is 0. The molecule has 2 heterocycles. The molecule has 1 N–H and O–H groups in total. The van der Waals surface area contributed by atoms with Gasteiger partial charge in [0.2, 0.25) is 11.8 Å². The zero-order valence-electron chi connectivity index (χ0n) is 15.3. The third kappa shape index (κ3) is 5.56. The van der Waals surface area contributed by atoms with Crippen LogP contribution in [0, 0.1) is 0 Å². The number of rotatable bonds is 8. The first-order valence-electron chi connectivity index (χ1n) is 8.96. The van der Waals surface area contributed by atoms with Crippen LogP contribution in [0.1, 0.15) is 16.5 Å². The van der Waals surface area contributed by atoms with Gasteiger partial charge in [0.15, 0.2) is 0 Å². The molecule has 0 atom stereocenters. The fourth-order valence-electron chi connectivity index (χ4n) is 2.62. The Morgan fingerprint density at radius 1 is 1.10 bits per heavy atom. The Hall–Kier alpha value is -2.42. The van der Waals surface area contributed by atoms with Gasteiger partial charge in [0, 0.05) is 24.4 Å². The third-order valence-electron chi connectivity index (χ3n) is 4.07. The average molecular weight is 445 g/mol. The molecule has 0 fully saturated rings. The lowest BCUT2D eigenvalue weighted by molar-refractivity contribution is -0.118. The first kappa shape index (κ1) is 19.9. The summed E-state index contributed by atoms with van der Waals surface area (Å²) in [5.74, 6) is 0.667. The molecule has 2 aromatic heterocycles. The van der Waals surface area contributed by atoms with Gasteiger partial charge in [-0.3, -0.25) is 4.79 Å². The van der Waals surface area contributed by atoms with Crippen molar-refractivity contribution in [3.63, 3.8) is 0 Å². The number of nitrogens with one attached hydrogen (secondary N) is 1. The number of para-hydroxylation sites is 1. The highest BCUT2D eigenvalue weighted by molar-refractivity contribution is 7.99. The van der Waals surface area contributed by atoms with Crippen molar-refractivity contribution in [3.8, 4) is 0 Å². The van der Waals surface area contributed by atoms with Crippen molar-refractivity contribution in [3.05, 3.63) is 70.0 Å². The van der Waals surface area contributed by atoms with Gasteiger partial charge in [0.1, 0.15) is 0 Å². The van der Waals surface area contributed by atoms with Gasteiger partial charge >= 0.3 is 0 Å². The quantitative estimate of drug-likeness (QED) is 0.402. The van der Waals surface area contributed by atoms with Crippen LogP contribution in [0.2, 0.25) is 5.02 Å². The lowest BCUT2D eigenvalue weighted by Crippen LogP contribution is -2.24. The number of aromatic nitrogens is 3. The van der Waals surface area contributed by atoms with E-state index in [1.54, 1.807) is 23.5 Å². The number of nitrogens with zero attached hydrogens (tertiary/aromatic N) is 3. The predicted molar refractivity (Wildman–Crippen MR) is 115 cm³/mol. The van der Waals surface area contributed by atoms with Crippen molar-refractivity contribution in [2.45, 2.75) is 24.6 Å². The number of aryl methyl sites for hydroxylation is 2. The molecule has 29 heavy (non-hydrogen) atoms. The van der Waals surface area contributed by atoms with Gasteiger partial charge in [0.05, 0.1) is 21.0 Å². The average Bonchev–Trinajstić information content (AvgIpc) is 3.36. The summed E-state index contributed by atoms with van der Waals surface area (Å²) in [5.41, 5.74) is 2.00. The topological polar surface area (TPSA) is 80.9 Å². The highest BCUT2D eigenvalue weighted by atomic mass is 35.5. The predicted octanol–water partition coefficient (Wildman–Crippen LogP) is 4.53. The molecule has 4 rings (SSSR count). The minimum Gasteiger partial charge on any atom is -0.416 e. The highest BCUT2D eigenvalue weighted by Crippen LogP contribution is 2.23. The maximum absolute atomic E-state index is 12.0. The molecule has 0 radical (unpaired) electrons. The normalized spacial score (nSPS) is 11.1. The third-order valence-corrected chi connectivity index (χ3v) is 6.24. The van der Waals surface area contributed by atoms with Gasteiger partial charge in [-0.25, -0.2) is 4.98 Å². The minimum atomic E-state index is -0.0980. The van der Waals surface area contributed by atoms with Crippen LogP contribution in [0.25, 0.3) is 10.2 Å². The van der Waals surface area contributed by atoms with E-state index >= 15 is 0 Å². The van der Waals surface area contributed by atoms with E-state index in [1.807, 2.05) is 30.3 Å². The van der Waals surface area contributed by atoms with Crippen LogP contribution >= 0.6 is 34.7 Å². The van der Waals surface area contributed by atoms with Crippen molar-refractivity contribution in [1.29, 1.82) is 0 Å². The first-order valence-corrected chi connectivity index (χ1v) is 11.1. The number of carbonyl (C=O) groups is 1. The Kier molecular flexibility index (Phi) is 6.43. The molecular weight excluding hydrogens is 428 g/mol. The number of amides is 1. The number of benzene rings is 2. The standard InChI is InChI=1S/C20H17ClN4O2S2/c21-14-7-5-13(6-8-14)11-22-17(26)12-28-20-25-24-18(27-20)9-10-19-23-15-3-1-2-4-16(15)29-19/h1-8H,9-12H2,(H,22,26). The van der Waals surface area contributed by atoms with Crippen molar-refractivity contribution >= 4 is 50.8 Å². The number of halogens is 1. The molecule has 0 saturated carbocycles. The fraction of sp³-hybridized carbons (Fsp3) is 0.200. The molecule has 1 amide bonds. The second-order valence-corrected chi connectivity index (χ2v) is 8.71. The maximum Gasteiger partial charge on any atom is 0.277 e. The van der Waals surface area contributed by atoms with Crippen LogP contribution in [-0.4, -0.2) is 26.8 Å². The SMILES string of the molecule is O=C(CSc1nnc(CCc2nc3ccccc3s2)o1)NCc1ccc(Cl)cc1. The first-order chi connectivity index (χ1) is 14.2. The Balaban J connectivity index is 1.22. The van der Waals surface area contributed by atoms with Crippen LogP contribution in [0.4, 0.5) is 0 Å². The lowest BCUT2D eigenvalue weighted by atomic mass is 10.2. The van der Waals surface area contributed by atoms with E-state index in [-0.39, 0.29) is 11.7 Å². The van der Waals surface area contributed by atoms with E-state index in [9.17, 15) is 4.79 Å². The van der Waals surface area contributed by atoms with Gasteiger partial charge in [-0.15, -0.1) is 21.5 Å². The summed E-state index contributed by atoms with van der Waals surface area (Å²) in [6.07, 6.45) is 1.36. The molecule has 0 aliphatic carbocycles. The Labute approximate surface area is 180 Å². The summed E-state index contributed by atoms with van der Waals surface area (Å²) in [6.45, 7) is 0.452. The van der Waals surface area contributed by atoms with Crippen molar-refractivity contribution in [1.82, 2.24) is 20.5 Å². The number of hydrogen-bond donors (Lipinski definition) is 1. The zero-order chi connectivity index (χ0) is 20.1. The molecule has 0 saturated heterocycles. The van der Waals surface area contributed by atoms with Gasteiger partial charge in [-0.05, 0) is 29.8 Å². The van der Waals surface area contributed by atoms with E-state index in [1.165, 1.54) is 16.5 Å². The molecule has 2 aromatic carbocycles. The summed E-state index contributed by atoms with van der Waals surface area (Å²) in [6, 6.07) is 15.4. The van der Waals surface area contributed by atoms with Crippen molar-refractivity contribution in [2.24, 2.45) is 0 Å². The Morgan fingerprint density at radius 3 is 2.76 bits per heavy atom. The molecule has 0 bridgehead atoms. The van der Waals surface area contributed by atoms with Gasteiger partial charge < -0.3 is 9.73 Å². The second-order valence-electron chi connectivity index (χ2n) is 6.23. The molecule has 0 unspecified atom stereocenters. The van der Waals surface area contributed by atoms with E-state index in [0.717, 1.165) is 22.5 Å². The summed E-state index contributed by atoms with van der Waals surface area (Å²) >= 11 is 8.75. The van der Waals surface area contributed by atoms with Gasteiger partial charge in [0.25, 0.3) is 5.22 Å². The summed E-state index contributed by atoms with van der Waals surface area (Å²) < 4.78 is 6.80. The van der Waals surface area contributed by atoms with Crippen LogP contribution < -0.4 is 5.32 Å². The van der Waals surface area contributed by atoms with E-state index in [4.69, 9.17) is 16.0 Å². The minimum absolute atomic E-state index is 0.0980. The zero-order valence-corrected chi connectivity index (χ0v) is 17.7. The number of carbonyl (C=O) groups excluding carboxylic acids is 1. The molecule has 4 aromatic rings. The maximum atomic E-state index is 12.0. The van der Waals surface area contributed by atoms with Crippen molar-refractivity contribution in [2.75, 3.05) is 5.75 Å². The van der Waals surface area contributed by atoms with E-state index in [2.05, 4.69) is 26.6 Å². The van der Waals surface area contributed by atoms with Crippen LogP contribution in [0.5, 0.6) is 0 Å². The number of fused-ring (bicyclic) bond motifs is 1. The smallest absolute Gasteiger partial charge is 0.277 e. The molecular formula is C20H17ClN4O2S2. The fourth-order valence-corrected chi connectivity index (χ4v) is 4.32. The largest absolute Gasteiger partial charge is 0.416 e. The summed E-state index contributed by atoms with van der Waals surface area (Å²) in [5, 5.41) is 13.0. The molecule has 0 aliphatic heterocycles. The Morgan fingerprint density at radius 2 is 1.93 bits per heavy atom. The summed E-state index contributed by atoms with van der Waals surface area (Å²) in [4.78, 5) is 16.6.